The number of benzene rings is 1. The Hall–Kier alpha value is -2.34. The summed E-state index contributed by atoms with van der Waals surface area (Å²) in [7, 11) is 1.60. The minimum absolute atomic E-state index is 0.0100. The Morgan fingerprint density at radius 1 is 1.18 bits per heavy atom. The van der Waals surface area contributed by atoms with Gasteiger partial charge < -0.3 is 10.2 Å². The van der Waals surface area contributed by atoms with Crippen molar-refractivity contribution in [2.45, 2.75) is 4.90 Å². The first kappa shape index (κ1) is 16.0. The summed E-state index contributed by atoms with van der Waals surface area (Å²) in [5.74, 6) is -0.442. The first-order valence-electron chi connectivity index (χ1n) is 6.70. The molecule has 0 aliphatic carbocycles. The van der Waals surface area contributed by atoms with Crippen LogP contribution in [0.25, 0.3) is 0 Å². The largest absolute Gasteiger partial charge is 0.332 e. The van der Waals surface area contributed by atoms with Gasteiger partial charge in [-0.05, 0) is 30.5 Å². The second kappa shape index (κ2) is 7.61. The fraction of sp³-hybridized carbons (Fsp3) is 0.188. The lowest BCUT2D eigenvalue weighted by molar-refractivity contribution is -0.116. The smallest absolute Gasteiger partial charge is 0.254 e. The van der Waals surface area contributed by atoms with Crippen molar-refractivity contribution >= 4 is 29.3 Å². The Bertz CT molecular complexity index is 661. The molecule has 0 unspecified atom stereocenters. The Balaban J connectivity index is 1.98. The van der Waals surface area contributed by atoms with Gasteiger partial charge in [0.25, 0.3) is 5.91 Å². The molecule has 1 aromatic heterocycles. The molecule has 2 amide bonds. The maximum absolute atomic E-state index is 12.2. The van der Waals surface area contributed by atoms with Crippen LogP contribution in [-0.2, 0) is 4.79 Å². The van der Waals surface area contributed by atoms with E-state index in [0.717, 1.165) is 10.6 Å². The number of nitrogens with one attached hydrogen (secondary N) is 1. The van der Waals surface area contributed by atoms with E-state index in [0.29, 0.717) is 5.56 Å². The molecule has 0 aliphatic rings. The number of carbonyl (C=O) groups is 2. The van der Waals surface area contributed by atoms with Crippen LogP contribution in [0.3, 0.4) is 0 Å². The fourth-order valence-electron chi connectivity index (χ4n) is 1.94. The second-order valence-corrected chi connectivity index (χ2v) is 5.49. The number of amides is 2. The predicted octanol–water partition coefficient (Wildman–Crippen LogP) is 2.51. The van der Waals surface area contributed by atoms with Gasteiger partial charge in [-0.25, -0.2) is 0 Å². The van der Waals surface area contributed by atoms with Crippen molar-refractivity contribution < 1.29 is 9.59 Å². The van der Waals surface area contributed by atoms with Crippen molar-refractivity contribution in [2.24, 2.45) is 0 Å². The summed E-state index contributed by atoms with van der Waals surface area (Å²) in [4.78, 5) is 30.5. The normalized spacial score (nSPS) is 10.1. The van der Waals surface area contributed by atoms with E-state index >= 15 is 0 Å². The van der Waals surface area contributed by atoms with E-state index < -0.39 is 0 Å². The first-order chi connectivity index (χ1) is 10.6. The van der Waals surface area contributed by atoms with E-state index in [2.05, 4.69) is 10.3 Å². The third-order valence-electron chi connectivity index (χ3n) is 3.04. The van der Waals surface area contributed by atoms with Gasteiger partial charge in [0, 0.05) is 29.9 Å². The number of nitrogens with zero attached hydrogens (tertiary/aromatic N) is 2. The molecule has 0 saturated carbocycles. The summed E-state index contributed by atoms with van der Waals surface area (Å²) in [6, 6.07) is 10.8. The number of para-hydroxylation sites is 1. The van der Waals surface area contributed by atoms with Crippen LogP contribution in [-0.4, -0.2) is 41.5 Å². The average molecular weight is 315 g/mol. The number of hydrogen-bond acceptors (Lipinski definition) is 4. The Morgan fingerprint density at radius 2 is 1.86 bits per heavy atom. The van der Waals surface area contributed by atoms with Gasteiger partial charge in [0.1, 0.15) is 0 Å². The van der Waals surface area contributed by atoms with Crippen molar-refractivity contribution in [3.8, 4) is 0 Å². The van der Waals surface area contributed by atoms with Gasteiger partial charge >= 0.3 is 0 Å². The van der Waals surface area contributed by atoms with Crippen LogP contribution in [0.5, 0.6) is 0 Å². The lowest BCUT2D eigenvalue weighted by Gasteiger charge is -2.17. The van der Waals surface area contributed by atoms with Gasteiger partial charge in [-0.2, -0.15) is 0 Å². The molecule has 1 heterocycles. The van der Waals surface area contributed by atoms with Crippen LogP contribution in [0.4, 0.5) is 5.69 Å². The van der Waals surface area contributed by atoms with Gasteiger partial charge in [-0.1, -0.05) is 12.1 Å². The molecule has 0 bridgehead atoms. The molecule has 0 spiro atoms. The van der Waals surface area contributed by atoms with E-state index in [4.69, 9.17) is 0 Å². The summed E-state index contributed by atoms with van der Waals surface area (Å²) in [5.41, 5.74) is 1.26. The molecule has 6 heteroatoms. The van der Waals surface area contributed by atoms with E-state index in [1.54, 1.807) is 43.3 Å². The molecule has 0 saturated heterocycles. The zero-order chi connectivity index (χ0) is 15.9. The molecule has 0 aliphatic heterocycles. The lowest BCUT2D eigenvalue weighted by atomic mass is 10.2. The minimum Gasteiger partial charge on any atom is -0.332 e. The number of rotatable bonds is 5. The van der Waals surface area contributed by atoms with E-state index in [-0.39, 0.29) is 18.4 Å². The number of pyridine rings is 1. The van der Waals surface area contributed by atoms with Crippen molar-refractivity contribution in [3.63, 3.8) is 0 Å². The quantitative estimate of drug-likeness (QED) is 0.861. The van der Waals surface area contributed by atoms with Crippen molar-refractivity contribution in [1.29, 1.82) is 0 Å². The summed E-state index contributed by atoms with van der Waals surface area (Å²) < 4.78 is 0. The van der Waals surface area contributed by atoms with Gasteiger partial charge in [-0.3, -0.25) is 14.6 Å². The third-order valence-corrected chi connectivity index (χ3v) is 3.83. The van der Waals surface area contributed by atoms with Gasteiger partial charge in [0.2, 0.25) is 5.91 Å². The summed E-state index contributed by atoms with van der Waals surface area (Å²) >= 11 is 1.56. The average Bonchev–Trinajstić information content (AvgIpc) is 2.55. The number of aromatic nitrogens is 1. The Morgan fingerprint density at radius 3 is 2.55 bits per heavy atom. The zero-order valence-electron chi connectivity index (χ0n) is 12.4. The molecule has 1 aromatic carbocycles. The van der Waals surface area contributed by atoms with Crippen LogP contribution in [0.2, 0.25) is 0 Å². The molecule has 2 aromatic rings. The SMILES string of the molecule is CSc1ccccc1NC(=O)CN(C)C(=O)c1ccncc1. The van der Waals surface area contributed by atoms with E-state index in [9.17, 15) is 9.59 Å². The third kappa shape index (κ3) is 4.08. The fourth-order valence-corrected chi connectivity index (χ4v) is 2.49. The second-order valence-electron chi connectivity index (χ2n) is 4.65. The van der Waals surface area contributed by atoms with E-state index in [1.807, 2.05) is 30.5 Å². The summed E-state index contributed by atoms with van der Waals surface area (Å²) in [5, 5.41) is 2.83. The number of likely N-dealkylation sites (N-methyl/N-ethyl adjacent to an activating group) is 1. The lowest BCUT2D eigenvalue weighted by Crippen LogP contribution is -2.35. The van der Waals surface area contributed by atoms with Gasteiger partial charge in [0.05, 0.1) is 12.2 Å². The highest BCUT2D eigenvalue weighted by molar-refractivity contribution is 7.98. The zero-order valence-corrected chi connectivity index (χ0v) is 13.3. The predicted molar refractivity (Wildman–Crippen MR) is 88.1 cm³/mol. The topological polar surface area (TPSA) is 62.3 Å². The molecule has 0 radical (unpaired) electrons. The highest BCUT2D eigenvalue weighted by atomic mass is 32.2. The Kier molecular flexibility index (Phi) is 5.55. The molecule has 2 rings (SSSR count). The van der Waals surface area contributed by atoms with E-state index in [1.165, 1.54) is 4.90 Å². The highest BCUT2D eigenvalue weighted by Crippen LogP contribution is 2.24. The van der Waals surface area contributed by atoms with Gasteiger partial charge in [0.15, 0.2) is 0 Å². The minimum atomic E-state index is -0.230. The maximum atomic E-state index is 12.2. The molecular weight excluding hydrogens is 298 g/mol. The van der Waals surface area contributed by atoms with Crippen molar-refractivity contribution in [1.82, 2.24) is 9.88 Å². The van der Waals surface area contributed by atoms with Crippen molar-refractivity contribution in [2.75, 3.05) is 25.2 Å². The number of thioether (sulfide) groups is 1. The maximum Gasteiger partial charge on any atom is 0.254 e. The molecule has 22 heavy (non-hydrogen) atoms. The molecule has 0 atom stereocenters. The van der Waals surface area contributed by atoms with Crippen molar-refractivity contribution in [3.05, 3.63) is 54.4 Å². The molecule has 5 nitrogen and oxygen atoms in total. The first-order valence-corrected chi connectivity index (χ1v) is 7.92. The van der Waals surface area contributed by atoms with Crippen LogP contribution < -0.4 is 5.32 Å². The van der Waals surface area contributed by atoms with Crippen LogP contribution in [0, 0.1) is 0 Å². The Labute approximate surface area is 133 Å². The van der Waals surface area contributed by atoms with Crippen LogP contribution in [0.15, 0.2) is 53.7 Å². The number of anilines is 1. The molecule has 114 valence electrons. The number of carbonyl (C=O) groups excluding carboxylic acids is 2. The van der Waals surface area contributed by atoms with Crippen LogP contribution in [0.1, 0.15) is 10.4 Å². The molecule has 1 N–H and O–H groups in total. The highest BCUT2D eigenvalue weighted by Gasteiger charge is 2.15. The molecule has 0 fully saturated rings. The number of hydrogen-bond donors (Lipinski definition) is 1. The summed E-state index contributed by atoms with van der Waals surface area (Å²) in [6.45, 7) is -0.0100. The van der Waals surface area contributed by atoms with Gasteiger partial charge in [-0.15, -0.1) is 11.8 Å². The molecular formula is C16H17N3O2S. The monoisotopic (exact) mass is 315 g/mol. The summed E-state index contributed by atoms with van der Waals surface area (Å²) in [6.07, 6.45) is 5.05. The standard InChI is InChI=1S/C16H17N3O2S/c1-19(16(21)12-7-9-17-10-8-12)11-15(20)18-13-5-3-4-6-14(13)22-2/h3-10H,11H2,1-2H3,(H,18,20). The van der Waals surface area contributed by atoms with Crippen LogP contribution >= 0.6 is 11.8 Å².